The summed E-state index contributed by atoms with van der Waals surface area (Å²) in [5.41, 5.74) is 0.252. The lowest BCUT2D eigenvalue weighted by Crippen LogP contribution is -1.91. The Morgan fingerprint density at radius 2 is 2.33 bits per heavy atom. The van der Waals surface area contributed by atoms with Crippen molar-refractivity contribution in [1.82, 2.24) is 9.61 Å². The summed E-state index contributed by atoms with van der Waals surface area (Å²) in [6.45, 7) is 0. The van der Waals surface area contributed by atoms with E-state index in [1.807, 2.05) is 0 Å². The van der Waals surface area contributed by atoms with E-state index < -0.39 is 5.82 Å². The minimum Gasteiger partial charge on any atom is -0.493 e. The van der Waals surface area contributed by atoms with Crippen molar-refractivity contribution in [2.75, 3.05) is 0 Å². The summed E-state index contributed by atoms with van der Waals surface area (Å²) < 4.78 is 14.5. The molecule has 0 aromatic carbocycles. The van der Waals surface area contributed by atoms with Crippen LogP contribution in [0.3, 0.4) is 0 Å². The molecule has 0 unspecified atom stereocenters. The number of halogens is 2. The van der Waals surface area contributed by atoms with E-state index in [2.05, 4.69) is 21.0 Å². The van der Waals surface area contributed by atoms with E-state index in [9.17, 15) is 9.50 Å². The number of aromatic hydroxyl groups is 1. The minimum atomic E-state index is -0.426. The highest BCUT2D eigenvalue weighted by Crippen LogP contribution is 2.24. The Hall–Kier alpha value is -1.10. The maximum atomic E-state index is 13.2. The molecule has 1 N–H and O–H groups in total. The highest BCUT2D eigenvalue weighted by molar-refractivity contribution is 9.10. The molecule has 0 amide bonds. The van der Waals surface area contributed by atoms with Gasteiger partial charge in [-0.15, -0.1) is 0 Å². The fourth-order valence-electron chi connectivity index (χ4n) is 1.01. The number of hydrogen-bond acceptors (Lipinski definition) is 2. The lowest BCUT2D eigenvalue weighted by Gasteiger charge is -2.00. The van der Waals surface area contributed by atoms with Crippen LogP contribution in [0.2, 0.25) is 0 Å². The quantitative estimate of drug-likeness (QED) is 0.752. The Balaban J connectivity index is 2.97. The number of rotatable bonds is 0. The topological polar surface area (TPSA) is 37.5 Å². The monoisotopic (exact) mass is 230 g/mol. The van der Waals surface area contributed by atoms with Crippen LogP contribution in [0.4, 0.5) is 4.39 Å². The third kappa shape index (κ3) is 0.896. The van der Waals surface area contributed by atoms with Crippen molar-refractivity contribution < 1.29 is 9.50 Å². The van der Waals surface area contributed by atoms with Gasteiger partial charge in [0.15, 0.2) is 5.82 Å². The zero-order valence-electron chi connectivity index (χ0n) is 5.83. The first-order valence-electron chi connectivity index (χ1n) is 3.21. The van der Waals surface area contributed by atoms with Gasteiger partial charge in [0.1, 0.15) is 5.52 Å². The Labute approximate surface area is 75.6 Å². The average Bonchev–Trinajstić information content (AvgIpc) is 2.48. The van der Waals surface area contributed by atoms with Gasteiger partial charge in [-0.1, -0.05) is 0 Å². The highest BCUT2D eigenvalue weighted by atomic mass is 79.9. The van der Waals surface area contributed by atoms with Gasteiger partial charge in [0.05, 0.1) is 10.7 Å². The Kier molecular flexibility index (Phi) is 1.54. The van der Waals surface area contributed by atoms with Crippen LogP contribution in [0, 0.1) is 5.82 Å². The summed E-state index contributed by atoms with van der Waals surface area (Å²) in [6, 6.07) is 2.75. The van der Waals surface area contributed by atoms with E-state index in [-0.39, 0.29) is 15.9 Å². The molecule has 5 heteroatoms. The maximum absolute atomic E-state index is 13.2. The van der Waals surface area contributed by atoms with Gasteiger partial charge in [0, 0.05) is 6.07 Å². The molecule has 0 saturated heterocycles. The average molecular weight is 231 g/mol. The second kappa shape index (κ2) is 2.45. The largest absolute Gasteiger partial charge is 0.493 e. The molecular weight excluding hydrogens is 227 g/mol. The molecule has 0 aliphatic carbocycles. The van der Waals surface area contributed by atoms with E-state index >= 15 is 0 Å². The first kappa shape index (κ1) is 7.54. The molecular formula is C7H4BrFN2O. The van der Waals surface area contributed by atoms with Crippen LogP contribution in [0.25, 0.3) is 5.52 Å². The van der Waals surface area contributed by atoms with Gasteiger partial charge in [-0.25, -0.2) is 4.39 Å². The normalized spacial score (nSPS) is 10.8. The first-order chi connectivity index (χ1) is 5.70. The van der Waals surface area contributed by atoms with Crippen molar-refractivity contribution in [3.8, 4) is 5.88 Å². The summed E-state index contributed by atoms with van der Waals surface area (Å²) in [5, 5.41) is 13.0. The maximum Gasteiger partial charge on any atom is 0.213 e. The standard InChI is InChI=1S/C7H4BrFN2O/c8-4-3-6(12)11-5(7(4)9)1-2-10-11/h1-3,12H. The van der Waals surface area contributed by atoms with Gasteiger partial charge in [-0.05, 0) is 22.0 Å². The van der Waals surface area contributed by atoms with E-state index in [0.29, 0.717) is 0 Å². The van der Waals surface area contributed by atoms with Crippen molar-refractivity contribution >= 4 is 21.4 Å². The molecule has 62 valence electrons. The first-order valence-corrected chi connectivity index (χ1v) is 4.00. The van der Waals surface area contributed by atoms with Crippen LogP contribution < -0.4 is 0 Å². The summed E-state index contributed by atoms with van der Waals surface area (Å²) in [7, 11) is 0. The van der Waals surface area contributed by atoms with Gasteiger partial charge in [0.2, 0.25) is 5.88 Å². The fraction of sp³-hybridized carbons (Fsp3) is 0. The van der Waals surface area contributed by atoms with Crippen LogP contribution in [-0.2, 0) is 0 Å². The molecule has 0 spiro atoms. The lowest BCUT2D eigenvalue weighted by atomic mass is 10.4. The summed E-state index contributed by atoms with van der Waals surface area (Å²) in [6.07, 6.45) is 1.42. The number of aromatic nitrogens is 2. The molecule has 2 heterocycles. The second-order valence-corrected chi connectivity index (χ2v) is 3.15. The van der Waals surface area contributed by atoms with E-state index in [1.54, 1.807) is 0 Å². The summed E-state index contributed by atoms with van der Waals surface area (Å²) in [4.78, 5) is 0. The van der Waals surface area contributed by atoms with E-state index in [4.69, 9.17) is 0 Å². The molecule has 2 aromatic heterocycles. The second-order valence-electron chi connectivity index (χ2n) is 2.29. The number of hydrogen-bond donors (Lipinski definition) is 1. The summed E-state index contributed by atoms with van der Waals surface area (Å²) >= 11 is 2.98. The Bertz CT molecular complexity index is 440. The third-order valence-electron chi connectivity index (χ3n) is 1.55. The van der Waals surface area contributed by atoms with Crippen molar-refractivity contribution in [2.24, 2.45) is 0 Å². The van der Waals surface area contributed by atoms with Gasteiger partial charge in [-0.3, -0.25) is 0 Å². The molecule has 12 heavy (non-hydrogen) atoms. The number of pyridine rings is 1. The summed E-state index contributed by atoms with van der Waals surface area (Å²) in [5.74, 6) is -0.520. The predicted molar refractivity (Wildman–Crippen MR) is 44.5 cm³/mol. The highest BCUT2D eigenvalue weighted by Gasteiger charge is 2.09. The molecule has 0 aliphatic rings. The third-order valence-corrected chi connectivity index (χ3v) is 2.13. The van der Waals surface area contributed by atoms with Gasteiger partial charge < -0.3 is 5.11 Å². The van der Waals surface area contributed by atoms with Crippen molar-refractivity contribution in [1.29, 1.82) is 0 Å². The van der Waals surface area contributed by atoms with Crippen molar-refractivity contribution in [3.63, 3.8) is 0 Å². The van der Waals surface area contributed by atoms with Crippen LogP contribution >= 0.6 is 15.9 Å². The molecule has 3 nitrogen and oxygen atoms in total. The lowest BCUT2D eigenvalue weighted by molar-refractivity contribution is 0.433. The minimum absolute atomic E-state index is 0.0942. The van der Waals surface area contributed by atoms with E-state index in [0.717, 1.165) is 4.52 Å². The van der Waals surface area contributed by atoms with Crippen molar-refractivity contribution in [3.05, 3.63) is 28.6 Å². The zero-order valence-corrected chi connectivity index (χ0v) is 7.42. The molecule has 0 bridgehead atoms. The van der Waals surface area contributed by atoms with Crippen LogP contribution in [0.1, 0.15) is 0 Å². The fourth-order valence-corrected chi connectivity index (χ4v) is 1.42. The van der Waals surface area contributed by atoms with Crippen LogP contribution in [0.5, 0.6) is 5.88 Å². The molecule has 0 saturated carbocycles. The SMILES string of the molecule is Oc1cc(Br)c(F)c2ccnn12. The number of nitrogens with zero attached hydrogens (tertiary/aromatic N) is 2. The molecule has 2 rings (SSSR count). The van der Waals surface area contributed by atoms with Gasteiger partial charge in [-0.2, -0.15) is 9.61 Å². The van der Waals surface area contributed by atoms with Crippen LogP contribution in [0.15, 0.2) is 22.8 Å². The van der Waals surface area contributed by atoms with Gasteiger partial charge >= 0.3 is 0 Å². The van der Waals surface area contributed by atoms with Crippen molar-refractivity contribution in [2.45, 2.75) is 0 Å². The Morgan fingerprint density at radius 1 is 1.58 bits per heavy atom. The molecule has 2 aromatic rings. The number of fused-ring (bicyclic) bond motifs is 1. The smallest absolute Gasteiger partial charge is 0.213 e. The molecule has 0 atom stereocenters. The Morgan fingerprint density at radius 3 is 3.08 bits per heavy atom. The molecule has 0 radical (unpaired) electrons. The molecule has 0 aliphatic heterocycles. The predicted octanol–water partition coefficient (Wildman–Crippen LogP) is 1.94. The molecule has 0 fully saturated rings. The van der Waals surface area contributed by atoms with Gasteiger partial charge in [0.25, 0.3) is 0 Å². The zero-order chi connectivity index (χ0) is 8.72. The van der Waals surface area contributed by atoms with E-state index in [1.165, 1.54) is 18.3 Å². The van der Waals surface area contributed by atoms with Crippen LogP contribution in [-0.4, -0.2) is 14.7 Å².